The number of unbranched alkanes of at least 4 members (excludes halogenated alkanes) is 1. The fraction of sp³-hybridized carbons (Fsp3) is 0.474. The maximum Gasteiger partial charge on any atom is 0.289 e. The number of rotatable bonds is 6. The van der Waals surface area contributed by atoms with E-state index < -0.39 is 0 Å². The summed E-state index contributed by atoms with van der Waals surface area (Å²) < 4.78 is 1.68. The number of hydrogen-bond acceptors (Lipinski definition) is 4. The van der Waals surface area contributed by atoms with Crippen LogP contribution in [0.15, 0.2) is 24.4 Å². The SMILES string of the molecule is CCCCN(C)C(=O)c1nc(C(=O)N2CCN(C=O)CC2)c2ccccn12. The lowest BCUT2D eigenvalue weighted by Crippen LogP contribution is -2.48. The van der Waals surface area contributed by atoms with E-state index in [4.69, 9.17) is 0 Å². The molecule has 0 aliphatic carbocycles. The molecule has 3 amide bonds. The van der Waals surface area contributed by atoms with Gasteiger partial charge in [0.15, 0.2) is 5.69 Å². The summed E-state index contributed by atoms with van der Waals surface area (Å²) in [7, 11) is 1.75. The second-order valence-corrected chi connectivity index (χ2v) is 6.75. The number of fused-ring (bicyclic) bond motifs is 1. The molecule has 0 aromatic carbocycles. The zero-order chi connectivity index (χ0) is 19.4. The molecule has 0 saturated carbocycles. The third-order valence-corrected chi connectivity index (χ3v) is 4.89. The van der Waals surface area contributed by atoms with Crippen molar-refractivity contribution in [3.8, 4) is 0 Å². The molecule has 3 heterocycles. The topological polar surface area (TPSA) is 78.2 Å². The molecule has 0 atom stereocenters. The molecule has 1 aliphatic heterocycles. The van der Waals surface area contributed by atoms with Crippen LogP contribution in [-0.2, 0) is 4.79 Å². The maximum absolute atomic E-state index is 13.0. The molecule has 8 heteroatoms. The summed E-state index contributed by atoms with van der Waals surface area (Å²) in [5.74, 6) is -0.159. The van der Waals surface area contributed by atoms with Crippen LogP contribution in [0.5, 0.6) is 0 Å². The Morgan fingerprint density at radius 1 is 1.22 bits per heavy atom. The molecule has 0 N–H and O–H groups in total. The summed E-state index contributed by atoms with van der Waals surface area (Å²) in [4.78, 5) is 46.1. The summed E-state index contributed by atoms with van der Waals surface area (Å²) in [6.45, 7) is 4.66. The van der Waals surface area contributed by atoms with Gasteiger partial charge in [0, 0.05) is 46.0 Å². The molecule has 144 valence electrons. The molecule has 3 rings (SSSR count). The van der Waals surface area contributed by atoms with E-state index in [-0.39, 0.29) is 23.3 Å². The maximum atomic E-state index is 13.0. The smallest absolute Gasteiger partial charge is 0.289 e. The van der Waals surface area contributed by atoms with Gasteiger partial charge in [0.25, 0.3) is 11.8 Å². The Balaban J connectivity index is 1.89. The highest BCUT2D eigenvalue weighted by Crippen LogP contribution is 2.17. The molecule has 8 nitrogen and oxygen atoms in total. The van der Waals surface area contributed by atoms with E-state index in [1.807, 2.05) is 12.1 Å². The lowest BCUT2D eigenvalue weighted by atomic mass is 10.2. The lowest BCUT2D eigenvalue weighted by molar-refractivity contribution is -0.119. The van der Waals surface area contributed by atoms with Crippen LogP contribution in [0.2, 0.25) is 0 Å². The minimum Gasteiger partial charge on any atom is -0.342 e. The van der Waals surface area contributed by atoms with Crippen molar-refractivity contribution in [2.75, 3.05) is 39.8 Å². The quantitative estimate of drug-likeness (QED) is 0.713. The zero-order valence-corrected chi connectivity index (χ0v) is 15.8. The van der Waals surface area contributed by atoms with Crippen LogP contribution in [0.1, 0.15) is 40.9 Å². The standard InChI is InChI=1S/C19H25N5O3/c1-3-4-8-21(2)19(27)17-20-16(15-7-5-6-9-24(15)17)18(26)23-12-10-22(14-25)11-13-23/h5-7,9,14H,3-4,8,10-13H2,1-2H3. The molecular weight excluding hydrogens is 346 g/mol. The summed E-state index contributed by atoms with van der Waals surface area (Å²) >= 11 is 0. The van der Waals surface area contributed by atoms with Crippen LogP contribution in [0.3, 0.4) is 0 Å². The van der Waals surface area contributed by atoms with Gasteiger partial charge in [-0.2, -0.15) is 0 Å². The zero-order valence-electron chi connectivity index (χ0n) is 15.8. The van der Waals surface area contributed by atoms with Gasteiger partial charge in [-0.1, -0.05) is 19.4 Å². The highest BCUT2D eigenvalue weighted by atomic mass is 16.2. The monoisotopic (exact) mass is 371 g/mol. The Bertz CT molecular complexity index is 839. The van der Waals surface area contributed by atoms with Gasteiger partial charge in [0.1, 0.15) is 0 Å². The molecule has 1 saturated heterocycles. The van der Waals surface area contributed by atoms with Gasteiger partial charge in [0.2, 0.25) is 12.2 Å². The Morgan fingerprint density at radius 3 is 2.63 bits per heavy atom. The van der Waals surface area contributed by atoms with Crippen molar-refractivity contribution in [2.24, 2.45) is 0 Å². The van der Waals surface area contributed by atoms with Crippen molar-refractivity contribution in [1.29, 1.82) is 0 Å². The summed E-state index contributed by atoms with van der Waals surface area (Å²) in [6.07, 6.45) is 4.47. The van der Waals surface area contributed by atoms with E-state index in [0.717, 1.165) is 19.3 Å². The van der Waals surface area contributed by atoms with E-state index >= 15 is 0 Å². The van der Waals surface area contributed by atoms with Gasteiger partial charge in [0.05, 0.1) is 5.52 Å². The van der Waals surface area contributed by atoms with Crippen LogP contribution in [0.25, 0.3) is 5.52 Å². The molecule has 2 aromatic heterocycles. The average Bonchev–Trinajstić information content (AvgIpc) is 3.10. The first-order valence-electron chi connectivity index (χ1n) is 9.28. The Hall–Kier alpha value is -2.90. The van der Waals surface area contributed by atoms with E-state index in [0.29, 0.717) is 38.2 Å². The second kappa shape index (κ2) is 8.20. The third-order valence-electron chi connectivity index (χ3n) is 4.89. The fourth-order valence-electron chi connectivity index (χ4n) is 3.19. The number of nitrogens with zero attached hydrogens (tertiary/aromatic N) is 5. The molecule has 27 heavy (non-hydrogen) atoms. The van der Waals surface area contributed by atoms with Crippen molar-refractivity contribution >= 4 is 23.7 Å². The van der Waals surface area contributed by atoms with Crippen molar-refractivity contribution in [2.45, 2.75) is 19.8 Å². The number of amides is 3. The number of hydrogen-bond donors (Lipinski definition) is 0. The summed E-state index contributed by atoms with van der Waals surface area (Å²) in [6, 6.07) is 5.44. The largest absolute Gasteiger partial charge is 0.342 e. The molecule has 1 fully saturated rings. The molecule has 0 spiro atoms. The Labute approximate surface area is 158 Å². The minimum atomic E-state index is -0.209. The number of aromatic nitrogens is 2. The predicted octanol–water partition coefficient (Wildman–Crippen LogP) is 1.12. The average molecular weight is 371 g/mol. The van der Waals surface area contributed by atoms with Gasteiger partial charge < -0.3 is 14.7 Å². The fourth-order valence-corrected chi connectivity index (χ4v) is 3.19. The van der Waals surface area contributed by atoms with Crippen molar-refractivity contribution in [1.82, 2.24) is 24.1 Å². The van der Waals surface area contributed by atoms with E-state index in [2.05, 4.69) is 11.9 Å². The number of carbonyl (C=O) groups excluding carboxylic acids is 3. The number of imidazole rings is 1. The lowest BCUT2D eigenvalue weighted by Gasteiger charge is -2.32. The van der Waals surface area contributed by atoms with Gasteiger partial charge in [-0.3, -0.25) is 18.8 Å². The molecule has 0 unspecified atom stereocenters. The van der Waals surface area contributed by atoms with Gasteiger partial charge in [-0.05, 0) is 18.6 Å². The summed E-state index contributed by atoms with van der Waals surface area (Å²) in [5.41, 5.74) is 0.898. The molecule has 0 radical (unpaired) electrons. The second-order valence-electron chi connectivity index (χ2n) is 6.75. The first-order valence-corrected chi connectivity index (χ1v) is 9.28. The number of piperazine rings is 1. The van der Waals surface area contributed by atoms with Crippen LogP contribution in [0.4, 0.5) is 0 Å². The first-order chi connectivity index (χ1) is 13.1. The van der Waals surface area contributed by atoms with Gasteiger partial charge >= 0.3 is 0 Å². The predicted molar refractivity (Wildman–Crippen MR) is 101 cm³/mol. The number of pyridine rings is 1. The Kier molecular flexibility index (Phi) is 5.73. The molecule has 0 bridgehead atoms. The van der Waals surface area contributed by atoms with E-state index in [9.17, 15) is 14.4 Å². The first kappa shape index (κ1) is 18.9. The highest BCUT2D eigenvalue weighted by molar-refractivity contribution is 6.02. The van der Waals surface area contributed by atoms with Crippen LogP contribution < -0.4 is 0 Å². The van der Waals surface area contributed by atoms with Crippen molar-refractivity contribution < 1.29 is 14.4 Å². The van der Waals surface area contributed by atoms with Crippen molar-refractivity contribution in [3.05, 3.63) is 35.9 Å². The van der Waals surface area contributed by atoms with E-state index in [1.165, 1.54) is 0 Å². The third kappa shape index (κ3) is 3.79. The van der Waals surface area contributed by atoms with Gasteiger partial charge in [-0.15, -0.1) is 0 Å². The van der Waals surface area contributed by atoms with Crippen molar-refractivity contribution in [3.63, 3.8) is 0 Å². The number of carbonyl (C=O) groups is 3. The molecular formula is C19H25N5O3. The van der Waals surface area contributed by atoms with Gasteiger partial charge in [-0.25, -0.2) is 4.98 Å². The highest BCUT2D eigenvalue weighted by Gasteiger charge is 2.28. The summed E-state index contributed by atoms with van der Waals surface area (Å²) in [5, 5.41) is 0. The Morgan fingerprint density at radius 2 is 1.96 bits per heavy atom. The molecule has 2 aromatic rings. The van der Waals surface area contributed by atoms with E-state index in [1.54, 1.807) is 38.4 Å². The normalized spacial score (nSPS) is 14.4. The minimum absolute atomic E-state index is 0.200. The molecule has 1 aliphatic rings. The van der Waals surface area contributed by atoms with Crippen LogP contribution in [0, 0.1) is 0 Å². The van der Waals surface area contributed by atoms with Crippen LogP contribution >= 0.6 is 0 Å². The van der Waals surface area contributed by atoms with Crippen LogP contribution in [-0.4, -0.2) is 82.1 Å².